The molecule has 0 saturated heterocycles. The highest BCUT2D eigenvalue weighted by molar-refractivity contribution is 5.95. The van der Waals surface area contributed by atoms with E-state index in [1.807, 2.05) is 6.07 Å². The number of halogens is 2. The van der Waals surface area contributed by atoms with Crippen LogP contribution in [0.2, 0.25) is 0 Å². The smallest absolute Gasteiger partial charge is 0.273 e. The molecule has 0 bridgehead atoms. The fraction of sp³-hybridized carbons (Fsp3) is 0.273. The summed E-state index contributed by atoms with van der Waals surface area (Å²) in [6.45, 7) is 0. The third-order valence-corrected chi connectivity index (χ3v) is 5.85. The van der Waals surface area contributed by atoms with Crippen LogP contribution < -0.4 is 10.6 Å². The Morgan fingerprint density at radius 2 is 2.03 bits per heavy atom. The van der Waals surface area contributed by atoms with Crippen molar-refractivity contribution >= 4 is 22.6 Å². The molecular formula is C22H19F2N9O. The van der Waals surface area contributed by atoms with E-state index < -0.39 is 11.6 Å². The Hall–Kier alpha value is -4.40. The number of carbonyl (C=O) groups excluding carboxylic acids is 1. The lowest BCUT2D eigenvalue weighted by molar-refractivity contribution is 0.0921. The third-order valence-electron chi connectivity index (χ3n) is 5.85. The van der Waals surface area contributed by atoms with Gasteiger partial charge in [-0.15, -0.1) is 0 Å². The molecule has 172 valence electrons. The fourth-order valence-corrected chi connectivity index (χ4v) is 4.25. The minimum absolute atomic E-state index is 0.0183. The number of carbonyl (C=O) groups is 1. The Morgan fingerprint density at radius 1 is 1.18 bits per heavy atom. The zero-order chi connectivity index (χ0) is 23.7. The van der Waals surface area contributed by atoms with Gasteiger partial charge in [-0.1, -0.05) is 0 Å². The number of aromatic amines is 2. The molecule has 4 N–H and O–H groups in total. The molecule has 0 spiro atoms. The molecule has 34 heavy (non-hydrogen) atoms. The average molecular weight is 463 g/mol. The lowest BCUT2D eigenvalue weighted by atomic mass is 9.91. The molecule has 0 unspecified atom stereocenters. The van der Waals surface area contributed by atoms with E-state index in [1.54, 1.807) is 0 Å². The molecule has 1 aromatic carbocycles. The summed E-state index contributed by atoms with van der Waals surface area (Å²) >= 11 is 0. The molecule has 3 aromatic heterocycles. The van der Waals surface area contributed by atoms with Crippen molar-refractivity contribution < 1.29 is 13.6 Å². The average Bonchev–Trinajstić information content (AvgIpc) is 3.51. The molecule has 1 saturated carbocycles. The van der Waals surface area contributed by atoms with Crippen LogP contribution in [0, 0.1) is 23.0 Å². The van der Waals surface area contributed by atoms with E-state index in [-0.39, 0.29) is 46.4 Å². The molecule has 0 aliphatic heterocycles. The monoisotopic (exact) mass is 463 g/mol. The van der Waals surface area contributed by atoms with Crippen LogP contribution >= 0.6 is 0 Å². The van der Waals surface area contributed by atoms with Crippen molar-refractivity contribution in [2.24, 2.45) is 0 Å². The molecule has 10 nitrogen and oxygen atoms in total. The highest BCUT2D eigenvalue weighted by Gasteiger charge is 2.26. The first-order valence-corrected chi connectivity index (χ1v) is 10.7. The van der Waals surface area contributed by atoms with Gasteiger partial charge in [0, 0.05) is 29.2 Å². The van der Waals surface area contributed by atoms with Gasteiger partial charge in [0.2, 0.25) is 0 Å². The molecule has 4 aromatic rings. The maximum atomic E-state index is 14.6. The highest BCUT2D eigenvalue weighted by atomic mass is 19.1. The molecule has 1 amide bonds. The maximum absolute atomic E-state index is 14.6. The number of hydrogen-bond donors (Lipinski definition) is 4. The van der Waals surface area contributed by atoms with Crippen molar-refractivity contribution in [1.82, 2.24) is 35.7 Å². The second-order valence-corrected chi connectivity index (χ2v) is 8.12. The summed E-state index contributed by atoms with van der Waals surface area (Å²) < 4.78 is 28.9. The minimum atomic E-state index is -0.624. The summed E-state index contributed by atoms with van der Waals surface area (Å²) in [5, 5.41) is 25.5. The van der Waals surface area contributed by atoms with E-state index in [4.69, 9.17) is 5.26 Å². The SMILES string of the molecule is N#Cc1cc(F)c2[nH]cc(-c3ncc(F)c(N[C@H]4CCC[C@@H](NC(=O)c5cn[nH]n5)C4)n3)c2c1. The Labute approximate surface area is 191 Å². The quantitative estimate of drug-likeness (QED) is 0.355. The van der Waals surface area contributed by atoms with Crippen molar-refractivity contribution in [3.8, 4) is 17.5 Å². The number of H-pyrrole nitrogens is 2. The Kier molecular flexibility index (Phi) is 5.59. The van der Waals surface area contributed by atoms with Crippen molar-refractivity contribution in [2.75, 3.05) is 5.32 Å². The molecular weight excluding hydrogens is 444 g/mol. The number of amides is 1. The number of benzene rings is 1. The summed E-state index contributed by atoms with van der Waals surface area (Å²) in [5.74, 6) is -1.30. The summed E-state index contributed by atoms with van der Waals surface area (Å²) in [7, 11) is 0. The van der Waals surface area contributed by atoms with Gasteiger partial charge in [-0.2, -0.15) is 20.7 Å². The summed E-state index contributed by atoms with van der Waals surface area (Å²) in [5.41, 5.74) is 1.04. The molecule has 2 atom stereocenters. The number of fused-ring (bicyclic) bond motifs is 1. The van der Waals surface area contributed by atoms with E-state index >= 15 is 0 Å². The third kappa shape index (κ3) is 4.15. The predicted octanol–water partition coefficient (Wildman–Crippen LogP) is 3.05. The van der Waals surface area contributed by atoms with Gasteiger partial charge in [0.15, 0.2) is 23.2 Å². The standard InChI is InChI=1S/C22H19F2N9O/c23-16-5-11(7-25)4-14-15(8-26-19(14)16)20-27-9-17(24)21(31-20)29-12-2-1-3-13(6-12)30-22(34)18-10-28-33-32-18/h4-5,8-10,12-13,26H,1-3,6H2,(H,30,34)(H,27,29,31)(H,28,32,33)/t12-,13+/m0/s1. The van der Waals surface area contributed by atoms with Crippen molar-refractivity contribution in [3.63, 3.8) is 0 Å². The molecule has 1 fully saturated rings. The predicted molar refractivity (Wildman–Crippen MR) is 117 cm³/mol. The van der Waals surface area contributed by atoms with Crippen molar-refractivity contribution in [2.45, 2.75) is 37.8 Å². The normalized spacial score (nSPS) is 17.9. The molecule has 0 radical (unpaired) electrons. The number of nitriles is 1. The van der Waals surface area contributed by atoms with E-state index in [1.165, 1.54) is 18.5 Å². The summed E-state index contributed by atoms with van der Waals surface area (Å²) in [6, 6.07) is 4.36. The molecule has 1 aliphatic carbocycles. The van der Waals surface area contributed by atoms with Gasteiger partial charge >= 0.3 is 0 Å². The van der Waals surface area contributed by atoms with Crippen LogP contribution in [0.5, 0.6) is 0 Å². The Morgan fingerprint density at radius 3 is 2.82 bits per heavy atom. The van der Waals surface area contributed by atoms with Gasteiger partial charge in [-0.3, -0.25) is 4.79 Å². The maximum Gasteiger partial charge on any atom is 0.273 e. The Bertz CT molecular complexity index is 1390. The van der Waals surface area contributed by atoms with Crippen LogP contribution in [0.4, 0.5) is 14.6 Å². The lowest BCUT2D eigenvalue weighted by Gasteiger charge is -2.30. The van der Waals surface area contributed by atoms with Gasteiger partial charge in [0.25, 0.3) is 5.91 Å². The fourth-order valence-electron chi connectivity index (χ4n) is 4.25. The van der Waals surface area contributed by atoms with Crippen LogP contribution in [0.25, 0.3) is 22.3 Å². The van der Waals surface area contributed by atoms with Crippen LogP contribution in [0.15, 0.2) is 30.7 Å². The second kappa shape index (κ2) is 8.86. The minimum Gasteiger partial charge on any atom is -0.365 e. The molecule has 5 rings (SSSR count). The van der Waals surface area contributed by atoms with Gasteiger partial charge in [-0.25, -0.2) is 18.7 Å². The first kappa shape index (κ1) is 21.4. The van der Waals surface area contributed by atoms with E-state index in [2.05, 4.69) is 41.0 Å². The van der Waals surface area contributed by atoms with Gasteiger partial charge in [0.1, 0.15) is 5.82 Å². The van der Waals surface area contributed by atoms with Crippen LogP contribution in [0.3, 0.4) is 0 Å². The largest absolute Gasteiger partial charge is 0.365 e. The van der Waals surface area contributed by atoms with Crippen LogP contribution in [-0.4, -0.2) is 48.4 Å². The van der Waals surface area contributed by atoms with E-state index in [0.717, 1.165) is 31.5 Å². The zero-order valence-electron chi connectivity index (χ0n) is 17.8. The lowest BCUT2D eigenvalue weighted by Crippen LogP contribution is -2.42. The topological polar surface area (TPSA) is 148 Å². The number of nitrogens with one attached hydrogen (secondary N) is 4. The van der Waals surface area contributed by atoms with Crippen molar-refractivity contribution in [1.29, 1.82) is 5.26 Å². The summed E-state index contributed by atoms with van der Waals surface area (Å²) in [4.78, 5) is 23.5. The van der Waals surface area contributed by atoms with Crippen LogP contribution in [0.1, 0.15) is 41.7 Å². The number of hydrogen-bond acceptors (Lipinski definition) is 7. The number of anilines is 1. The zero-order valence-corrected chi connectivity index (χ0v) is 17.8. The van der Waals surface area contributed by atoms with Gasteiger partial charge in [0.05, 0.1) is 29.5 Å². The number of rotatable bonds is 5. The molecule has 1 aliphatic rings. The van der Waals surface area contributed by atoms with Gasteiger partial charge in [-0.05, 0) is 37.8 Å². The second-order valence-electron chi connectivity index (χ2n) is 8.12. The number of nitrogens with zero attached hydrogens (tertiary/aromatic N) is 5. The molecule has 3 heterocycles. The number of aromatic nitrogens is 6. The van der Waals surface area contributed by atoms with Crippen molar-refractivity contribution in [3.05, 3.63) is 53.6 Å². The van der Waals surface area contributed by atoms with E-state index in [9.17, 15) is 13.6 Å². The van der Waals surface area contributed by atoms with E-state index in [0.29, 0.717) is 17.4 Å². The summed E-state index contributed by atoms with van der Waals surface area (Å²) in [6.07, 6.45) is 6.91. The highest BCUT2D eigenvalue weighted by Crippen LogP contribution is 2.30. The van der Waals surface area contributed by atoms with Crippen LogP contribution in [-0.2, 0) is 0 Å². The molecule has 12 heteroatoms. The Balaban J connectivity index is 1.35. The first-order chi connectivity index (χ1) is 16.5. The first-order valence-electron chi connectivity index (χ1n) is 10.7. The van der Waals surface area contributed by atoms with Gasteiger partial charge < -0.3 is 15.6 Å².